The molecule has 4 heterocycles. The van der Waals surface area contributed by atoms with Gasteiger partial charge >= 0.3 is 0 Å². The van der Waals surface area contributed by atoms with Crippen LogP contribution in [-0.2, 0) is 0 Å². The monoisotopic (exact) mass is 545 g/mol. The second-order valence-corrected chi connectivity index (χ2v) is 10.9. The number of benzene rings is 2. The average molecular weight is 546 g/mol. The molecule has 1 N–H and O–H groups in total. The first-order valence-corrected chi connectivity index (χ1v) is 14.0. The maximum atomic E-state index is 14.7. The van der Waals surface area contributed by atoms with E-state index in [4.69, 9.17) is 5.10 Å². The van der Waals surface area contributed by atoms with E-state index < -0.39 is 23.8 Å². The van der Waals surface area contributed by atoms with E-state index in [9.17, 15) is 13.2 Å². The second-order valence-electron chi connectivity index (χ2n) is 10.9. The number of fused-ring (bicyclic) bond motifs is 1. The van der Waals surface area contributed by atoms with Crippen LogP contribution in [0, 0.1) is 17.6 Å². The van der Waals surface area contributed by atoms with Gasteiger partial charge in [-0.2, -0.15) is 0 Å². The average Bonchev–Trinajstić information content (AvgIpc) is 3.29. The van der Waals surface area contributed by atoms with Gasteiger partial charge in [0.25, 0.3) is 0 Å². The minimum atomic E-state index is -1.16. The van der Waals surface area contributed by atoms with Crippen LogP contribution in [-0.4, -0.2) is 54.6 Å². The van der Waals surface area contributed by atoms with Crippen LogP contribution in [0.4, 0.5) is 18.9 Å². The molecule has 2 fully saturated rings. The summed E-state index contributed by atoms with van der Waals surface area (Å²) in [6, 6.07) is 11.3. The molecule has 0 aromatic heterocycles. The number of hydrogen-bond donors (Lipinski definition) is 1. The maximum Gasteiger partial charge on any atom is 0.150 e. The number of anilines is 1. The first kappa shape index (κ1) is 26.4. The Morgan fingerprint density at radius 1 is 1.00 bits per heavy atom. The van der Waals surface area contributed by atoms with E-state index in [0.717, 1.165) is 61.7 Å². The van der Waals surface area contributed by atoms with Crippen molar-refractivity contribution in [3.05, 3.63) is 107 Å². The minimum absolute atomic E-state index is 0.0708. The largest absolute Gasteiger partial charge is 0.369 e. The zero-order valence-electron chi connectivity index (χ0n) is 22.6. The van der Waals surface area contributed by atoms with E-state index in [2.05, 4.69) is 65.7 Å². The Bertz CT molecular complexity index is 1390. The third-order valence-electron chi connectivity index (χ3n) is 7.93. The molecule has 2 saturated heterocycles. The minimum Gasteiger partial charge on any atom is -0.369 e. The van der Waals surface area contributed by atoms with Gasteiger partial charge in [0.15, 0.2) is 0 Å². The van der Waals surface area contributed by atoms with Crippen LogP contribution in [0.3, 0.4) is 0 Å². The standard InChI is InChI=1S/C32H34F3N5/c1-22-2-7-27-11-13-32(39-21-25(34)20-31(39)29-19-24(33)6-12-30(29)35)37-40(27)28(18-22)10-5-23-3-8-26(9-4-23)38-16-14-36-15-17-38/h3-13,18-19,22,25,31,36H,2,14-17,20-21H2,1H3/b10-5-/t22-,25?,31+/m0/s1. The van der Waals surface area contributed by atoms with E-state index in [-0.39, 0.29) is 18.5 Å². The lowest BCUT2D eigenvalue weighted by atomic mass is 10.0. The molecular formula is C32H34F3N5. The van der Waals surface area contributed by atoms with E-state index in [1.807, 2.05) is 17.2 Å². The van der Waals surface area contributed by atoms with Crippen LogP contribution >= 0.6 is 0 Å². The Morgan fingerprint density at radius 3 is 2.60 bits per heavy atom. The number of nitrogens with zero attached hydrogens (tertiary/aromatic N) is 4. The van der Waals surface area contributed by atoms with Crippen molar-refractivity contribution in [2.75, 3.05) is 37.6 Å². The first-order valence-electron chi connectivity index (χ1n) is 14.0. The Kier molecular flexibility index (Phi) is 7.52. The van der Waals surface area contributed by atoms with E-state index in [1.54, 1.807) is 4.90 Å². The molecule has 2 aromatic rings. The van der Waals surface area contributed by atoms with Crippen LogP contribution < -0.4 is 10.2 Å². The summed E-state index contributed by atoms with van der Waals surface area (Å²) in [7, 11) is 0. The summed E-state index contributed by atoms with van der Waals surface area (Å²) >= 11 is 0. The highest BCUT2D eigenvalue weighted by Crippen LogP contribution is 2.37. The Hall–Kier alpha value is -3.78. The topological polar surface area (TPSA) is 34.1 Å². The van der Waals surface area contributed by atoms with Gasteiger partial charge in [0.1, 0.15) is 23.6 Å². The molecule has 4 aliphatic heterocycles. The number of amidine groups is 1. The van der Waals surface area contributed by atoms with Gasteiger partial charge in [-0.25, -0.2) is 18.2 Å². The predicted molar refractivity (Wildman–Crippen MR) is 154 cm³/mol. The third kappa shape index (κ3) is 5.59. The number of hydrogen-bond acceptors (Lipinski definition) is 5. The molecule has 208 valence electrons. The summed E-state index contributed by atoms with van der Waals surface area (Å²) in [5, 5.41) is 10.2. The quantitative estimate of drug-likeness (QED) is 0.499. The van der Waals surface area contributed by atoms with Gasteiger partial charge in [-0.3, -0.25) is 0 Å². The molecule has 2 aromatic carbocycles. The van der Waals surface area contributed by atoms with Crippen LogP contribution in [0.2, 0.25) is 0 Å². The summed E-state index contributed by atoms with van der Waals surface area (Å²) in [5.74, 6) is -0.249. The summed E-state index contributed by atoms with van der Waals surface area (Å²) < 4.78 is 43.4. The van der Waals surface area contributed by atoms with Crippen molar-refractivity contribution < 1.29 is 13.2 Å². The van der Waals surface area contributed by atoms with Gasteiger partial charge in [-0.05, 0) is 66.5 Å². The fraction of sp³-hybridized carbons (Fsp3) is 0.344. The summed E-state index contributed by atoms with van der Waals surface area (Å²) in [6.07, 6.45) is 12.1. The van der Waals surface area contributed by atoms with Crippen LogP contribution in [0.15, 0.2) is 89.3 Å². The van der Waals surface area contributed by atoms with Crippen molar-refractivity contribution in [1.82, 2.24) is 15.2 Å². The van der Waals surface area contributed by atoms with Gasteiger partial charge in [0.05, 0.1) is 24.0 Å². The number of nitrogens with one attached hydrogen (secondary N) is 1. The van der Waals surface area contributed by atoms with Crippen molar-refractivity contribution in [2.24, 2.45) is 11.0 Å². The molecule has 0 aliphatic carbocycles. The summed E-state index contributed by atoms with van der Waals surface area (Å²) in [5.41, 5.74) is 4.31. The third-order valence-corrected chi connectivity index (χ3v) is 7.93. The number of halogens is 3. The Balaban J connectivity index is 1.27. The van der Waals surface area contributed by atoms with Gasteiger partial charge in [-0.1, -0.05) is 37.3 Å². The van der Waals surface area contributed by atoms with Crippen molar-refractivity contribution in [2.45, 2.75) is 32.0 Å². The molecule has 0 radical (unpaired) electrons. The van der Waals surface area contributed by atoms with Crippen LogP contribution in [0.5, 0.6) is 0 Å². The van der Waals surface area contributed by atoms with Crippen LogP contribution in [0.25, 0.3) is 6.08 Å². The van der Waals surface area contributed by atoms with Crippen molar-refractivity contribution in [3.63, 3.8) is 0 Å². The van der Waals surface area contributed by atoms with Gasteiger partial charge in [0.2, 0.25) is 0 Å². The Morgan fingerprint density at radius 2 is 1.80 bits per heavy atom. The highest BCUT2D eigenvalue weighted by molar-refractivity contribution is 5.94. The van der Waals surface area contributed by atoms with Gasteiger partial charge < -0.3 is 15.1 Å². The molecule has 0 saturated carbocycles. The molecule has 0 spiro atoms. The number of alkyl halides is 1. The lowest BCUT2D eigenvalue weighted by Crippen LogP contribution is -2.43. The molecule has 3 atom stereocenters. The maximum absolute atomic E-state index is 14.7. The van der Waals surface area contributed by atoms with E-state index >= 15 is 0 Å². The van der Waals surface area contributed by atoms with Gasteiger partial charge in [-0.15, -0.1) is 5.10 Å². The second kappa shape index (κ2) is 11.4. The summed E-state index contributed by atoms with van der Waals surface area (Å²) in [6.45, 7) is 6.24. The Labute approximate surface area is 233 Å². The smallest absolute Gasteiger partial charge is 0.150 e. The van der Waals surface area contributed by atoms with Crippen molar-refractivity contribution >= 4 is 17.6 Å². The number of piperazine rings is 1. The fourth-order valence-electron chi connectivity index (χ4n) is 5.81. The van der Waals surface area contributed by atoms with Crippen molar-refractivity contribution in [3.8, 4) is 0 Å². The first-order chi connectivity index (χ1) is 19.4. The fourth-order valence-corrected chi connectivity index (χ4v) is 5.81. The summed E-state index contributed by atoms with van der Waals surface area (Å²) in [4.78, 5) is 4.14. The molecule has 1 unspecified atom stereocenters. The molecule has 0 amide bonds. The van der Waals surface area contributed by atoms with Crippen LogP contribution in [0.1, 0.15) is 36.9 Å². The zero-order valence-corrected chi connectivity index (χ0v) is 22.6. The van der Waals surface area contributed by atoms with E-state index in [0.29, 0.717) is 11.8 Å². The molecule has 6 rings (SSSR count). The SMILES string of the molecule is C[C@@H]1C=C(/C=C\c2ccc(N3CCNCC3)cc2)N2N=C(N3CC(F)C[C@@H]3c3cc(F)ccc3F)C=CC2=CC1. The number of likely N-dealkylation sites (tertiary alicyclic amines) is 1. The number of allylic oxidation sites excluding steroid dienone is 4. The highest BCUT2D eigenvalue weighted by Gasteiger charge is 2.37. The van der Waals surface area contributed by atoms with Crippen molar-refractivity contribution in [1.29, 1.82) is 0 Å². The molecule has 5 nitrogen and oxygen atoms in total. The zero-order chi connectivity index (χ0) is 27.6. The number of hydrazone groups is 1. The number of rotatable bonds is 4. The van der Waals surface area contributed by atoms with E-state index in [1.165, 1.54) is 11.8 Å². The highest BCUT2D eigenvalue weighted by atomic mass is 19.1. The van der Waals surface area contributed by atoms with Gasteiger partial charge in [0, 0.05) is 43.9 Å². The molecular weight excluding hydrogens is 511 g/mol. The predicted octanol–water partition coefficient (Wildman–Crippen LogP) is 6.17. The molecule has 8 heteroatoms. The molecule has 0 bridgehead atoms. The normalized spacial score (nSPS) is 25.1. The lowest BCUT2D eigenvalue weighted by Gasteiger charge is -2.32. The molecule has 40 heavy (non-hydrogen) atoms. The molecule has 4 aliphatic rings. The lowest BCUT2D eigenvalue weighted by molar-refractivity contribution is 0.336.